The summed E-state index contributed by atoms with van der Waals surface area (Å²) >= 11 is 0. The first-order chi connectivity index (χ1) is 23.5. The number of carbonyl (C=O) groups is 2. The van der Waals surface area contributed by atoms with Crippen molar-refractivity contribution in [3.05, 3.63) is 36.0 Å². The van der Waals surface area contributed by atoms with Crippen LogP contribution in [0.4, 0.5) is 4.79 Å². The molecule has 0 aromatic rings. The van der Waals surface area contributed by atoms with Gasteiger partial charge >= 0.3 is 12.1 Å². The molecule has 0 bridgehead atoms. The van der Waals surface area contributed by atoms with Crippen molar-refractivity contribution in [2.75, 3.05) is 40.4 Å². The van der Waals surface area contributed by atoms with Crippen molar-refractivity contribution < 1.29 is 38.1 Å². The Balaban J connectivity index is 1.86. The number of methoxy groups -OCH3 is 2. The largest absolute Gasteiger partial charge is 0.457 e. The molecular weight excluding hydrogens is 653 g/mol. The standard InChI is InChI=1S/C39H68N2O8Si/c1-29(16-15-19-35(45-7)46-8)36-30(2)20-21-33(47-37(43)41-26-24-40(25-27-41)31-17-13-11-12-14-18-31)39(6,44)23-22-32(28-34(42)48-36)49-50(9,10)38(3,4)5/h15-16,19-21,30-33,35-36,44H,11-14,17-18,22-28H2,1-10H3/b19-15+,21-20+,29-16+/t30-,32?,33-,36+,39+/m0/s1. The van der Waals surface area contributed by atoms with Crippen molar-refractivity contribution in [1.29, 1.82) is 0 Å². The first-order valence-electron chi connectivity index (χ1n) is 18.9. The van der Waals surface area contributed by atoms with E-state index < -0.39 is 44.6 Å². The Hall–Kier alpha value is -2.02. The Kier molecular flexibility index (Phi) is 16.3. The number of ether oxygens (including phenoxy) is 4. The lowest BCUT2D eigenvalue weighted by molar-refractivity contribution is -0.151. The van der Waals surface area contributed by atoms with E-state index in [1.54, 1.807) is 38.2 Å². The topological polar surface area (TPSA) is 107 Å². The zero-order valence-electron chi connectivity index (χ0n) is 32.7. The Morgan fingerprint density at radius 3 is 2.24 bits per heavy atom. The van der Waals surface area contributed by atoms with E-state index in [9.17, 15) is 14.7 Å². The van der Waals surface area contributed by atoms with E-state index in [4.69, 9.17) is 23.4 Å². The smallest absolute Gasteiger partial charge is 0.410 e. The number of amides is 1. The van der Waals surface area contributed by atoms with Crippen molar-refractivity contribution in [3.8, 4) is 0 Å². The fraction of sp³-hybridized carbons (Fsp3) is 0.795. The number of allylic oxidation sites excluding steroid dienone is 2. The third-order valence-corrected chi connectivity index (χ3v) is 15.8. The zero-order valence-corrected chi connectivity index (χ0v) is 33.7. The van der Waals surface area contributed by atoms with Crippen molar-refractivity contribution in [2.45, 2.75) is 154 Å². The third-order valence-electron chi connectivity index (χ3n) is 11.3. The second-order valence-electron chi connectivity index (χ2n) is 16.4. The van der Waals surface area contributed by atoms with Gasteiger partial charge in [-0.15, -0.1) is 0 Å². The molecule has 2 heterocycles. The van der Waals surface area contributed by atoms with Gasteiger partial charge in [0.25, 0.3) is 0 Å². The highest BCUT2D eigenvalue weighted by Crippen LogP contribution is 2.39. The van der Waals surface area contributed by atoms with Gasteiger partial charge in [0.15, 0.2) is 20.7 Å². The molecule has 1 amide bonds. The molecule has 1 aliphatic carbocycles. The normalized spacial score (nSPS) is 30.0. The summed E-state index contributed by atoms with van der Waals surface area (Å²) in [6.45, 7) is 19.3. The van der Waals surface area contributed by atoms with Crippen LogP contribution in [-0.4, -0.2) is 112 Å². The van der Waals surface area contributed by atoms with Gasteiger partial charge < -0.3 is 33.4 Å². The Morgan fingerprint density at radius 2 is 1.66 bits per heavy atom. The molecule has 10 nitrogen and oxygen atoms in total. The minimum Gasteiger partial charge on any atom is -0.457 e. The number of cyclic esters (lactones) is 1. The number of aliphatic hydroxyl groups is 1. The lowest BCUT2D eigenvalue weighted by Crippen LogP contribution is -2.53. The predicted octanol–water partition coefficient (Wildman–Crippen LogP) is 7.38. The molecule has 1 unspecified atom stereocenters. The van der Waals surface area contributed by atoms with E-state index in [1.165, 1.54) is 38.5 Å². The van der Waals surface area contributed by atoms with Crippen molar-refractivity contribution >= 4 is 20.4 Å². The summed E-state index contributed by atoms with van der Waals surface area (Å²) < 4.78 is 29.6. The maximum absolute atomic E-state index is 13.7. The summed E-state index contributed by atoms with van der Waals surface area (Å²) in [5, 5.41) is 11.9. The van der Waals surface area contributed by atoms with Gasteiger partial charge in [-0.25, -0.2) is 4.79 Å². The van der Waals surface area contributed by atoms with Crippen LogP contribution in [0.2, 0.25) is 18.1 Å². The van der Waals surface area contributed by atoms with Gasteiger partial charge in [-0.2, -0.15) is 0 Å². The fourth-order valence-corrected chi connectivity index (χ4v) is 8.24. The van der Waals surface area contributed by atoms with Gasteiger partial charge in [-0.05, 0) is 75.4 Å². The molecule has 1 saturated carbocycles. The maximum Gasteiger partial charge on any atom is 0.410 e. The number of carbonyl (C=O) groups excluding carboxylic acids is 2. The summed E-state index contributed by atoms with van der Waals surface area (Å²) in [5.74, 6) is -0.642. The van der Waals surface area contributed by atoms with E-state index >= 15 is 0 Å². The summed E-state index contributed by atoms with van der Waals surface area (Å²) in [6.07, 6.45) is 14.7. The summed E-state index contributed by atoms with van der Waals surface area (Å²) in [5.41, 5.74) is -0.576. The molecule has 2 fully saturated rings. The van der Waals surface area contributed by atoms with Gasteiger partial charge in [-0.1, -0.05) is 71.6 Å². The third kappa shape index (κ3) is 12.6. The van der Waals surface area contributed by atoms with Crippen molar-refractivity contribution in [2.24, 2.45) is 5.92 Å². The molecule has 0 radical (unpaired) electrons. The molecule has 0 aromatic heterocycles. The van der Waals surface area contributed by atoms with Crippen LogP contribution >= 0.6 is 0 Å². The van der Waals surface area contributed by atoms with Gasteiger partial charge in [0.2, 0.25) is 0 Å². The molecule has 1 saturated heterocycles. The molecular formula is C39H68N2O8Si. The van der Waals surface area contributed by atoms with Crippen LogP contribution in [0.1, 0.15) is 99.3 Å². The van der Waals surface area contributed by atoms with Crippen LogP contribution in [-0.2, 0) is 28.2 Å². The number of piperazine rings is 1. The lowest BCUT2D eigenvalue weighted by Gasteiger charge is -2.41. The number of rotatable bonds is 9. The maximum atomic E-state index is 13.7. The van der Waals surface area contributed by atoms with Gasteiger partial charge in [-0.3, -0.25) is 9.69 Å². The Morgan fingerprint density at radius 1 is 1.04 bits per heavy atom. The number of esters is 1. The summed E-state index contributed by atoms with van der Waals surface area (Å²) in [4.78, 5) is 31.5. The molecule has 3 aliphatic rings. The fourth-order valence-electron chi connectivity index (χ4n) is 6.85. The first-order valence-corrected chi connectivity index (χ1v) is 21.8. The second-order valence-corrected chi connectivity index (χ2v) is 21.1. The lowest BCUT2D eigenvalue weighted by atomic mass is 9.89. The highest BCUT2D eigenvalue weighted by atomic mass is 28.4. The first kappa shape index (κ1) is 42.4. The summed E-state index contributed by atoms with van der Waals surface area (Å²) in [7, 11) is 0.853. The summed E-state index contributed by atoms with van der Waals surface area (Å²) in [6, 6.07) is 0.602. The number of hydrogen-bond acceptors (Lipinski definition) is 9. The minimum atomic E-state index is -2.28. The van der Waals surface area contributed by atoms with Gasteiger partial charge in [0.05, 0.1) is 12.5 Å². The van der Waals surface area contributed by atoms with Crippen LogP contribution in [0.25, 0.3) is 0 Å². The zero-order chi connectivity index (χ0) is 37.1. The van der Waals surface area contributed by atoms with Crippen molar-refractivity contribution in [3.63, 3.8) is 0 Å². The molecule has 0 aromatic carbocycles. The molecule has 1 N–H and O–H groups in total. The highest BCUT2D eigenvalue weighted by molar-refractivity contribution is 6.74. The van der Waals surface area contributed by atoms with Crippen LogP contribution in [0.5, 0.6) is 0 Å². The second kappa shape index (κ2) is 19.2. The van der Waals surface area contributed by atoms with E-state index in [0.29, 0.717) is 25.6 Å². The number of nitrogens with zero attached hydrogens (tertiary/aromatic N) is 2. The molecule has 5 atom stereocenters. The van der Waals surface area contributed by atoms with Crippen LogP contribution in [0, 0.1) is 5.92 Å². The average Bonchev–Trinajstić information content (AvgIpc) is 3.35. The predicted molar refractivity (Wildman–Crippen MR) is 200 cm³/mol. The highest BCUT2D eigenvalue weighted by Gasteiger charge is 2.42. The molecule has 3 rings (SSSR count). The Bertz CT molecular complexity index is 1160. The van der Waals surface area contributed by atoms with Crippen molar-refractivity contribution in [1.82, 2.24) is 9.80 Å². The Labute approximate surface area is 303 Å². The van der Waals surface area contributed by atoms with Crippen LogP contribution < -0.4 is 0 Å². The van der Waals surface area contributed by atoms with E-state index in [1.807, 2.05) is 32.1 Å². The molecule has 11 heteroatoms. The molecule has 0 spiro atoms. The molecule has 2 aliphatic heterocycles. The van der Waals surface area contributed by atoms with Gasteiger partial charge in [0, 0.05) is 52.4 Å². The average molecular weight is 721 g/mol. The SMILES string of the molecule is COC(/C=C/C=C(\C)[C@H]1OC(=O)CC(O[Si](C)(C)C(C)(C)C)CC[C@@](C)(O)[C@@H](OC(=O)N2CCN(C3CCCCCC3)CC2)/C=C/[C@@H]1C)OC. The van der Waals surface area contributed by atoms with E-state index in [2.05, 4.69) is 38.8 Å². The monoisotopic (exact) mass is 720 g/mol. The van der Waals surface area contributed by atoms with E-state index in [0.717, 1.165) is 18.7 Å². The minimum absolute atomic E-state index is 0.0593. The quantitative estimate of drug-likeness (QED) is 0.0652. The van der Waals surface area contributed by atoms with Gasteiger partial charge in [0.1, 0.15) is 11.7 Å². The number of hydrogen-bond donors (Lipinski definition) is 1. The van der Waals surface area contributed by atoms with Crippen LogP contribution in [0.15, 0.2) is 36.0 Å². The van der Waals surface area contributed by atoms with Crippen LogP contribution in [0.3, 0.4) is 0 Å². The van der Waals surface area contributed by atoms with E-state index in [-0.39, 0.29) is 29.8 Å². The molecule has 50 heavy (non-hydrogen) atoms. The molecule has 286 valence electrons.